The number of para-hydroxylation sites is 1. The molecule has 4 nitrogen and oxygen atoms in total. The Hall–Kier alpha value is -2.23. The van der Waals surface area contributed by atoms with Crippen molar-refractivity contribution in [2.75, 3.05) is 27.2 Å². The van der Waals surface area contributed by atoms with Crippen LogP contribution in [-0.4, -0.2) is 38.0 Å². The Kier molecular flexibility index (Phi) is 6.07. The molecule has 0 radical (unpaired) electrons. The number of furan rings is 1. The van der Waals surface area contributed by atoms with E-state index in [-0.39, 0.29) is 0 Å². The predicted octanol–water partition coefficient (Wildman–Crippen LogP) is 3.45. The van der Waals surface area contributed by atoms with Crippen LogP contribution in [-0.2, 0) is 6.42 Å². The van der Waals surface area contributed by atoms with Gasteiger partial charge < -0.3 is 14.6 Å². The molecule has 1 heterocycles. The fourth-order valence-corrected chi connectivity index (χ4v) is 2.42. The van der Waals surface area contributed by atoms with Crippen molar-refractivity contribution in [2.24, 2.45) is 4.99 Å². The summed E-state index contributed by atoms with van der Waals surface area (Å²) >= 11 is 0. The molecule has 118 valence electrons. The summed E-state index contributed by atoms with van der Waals surface area (Å²) in [5, 5.41) is 4.53. The third kappa shape index (κ3) is 4.38. The quantitative estimate of drug-likeness (QED) is 0.368. The second kappa shape index (κ2) is 8.27. The molecule has 0 aliphatic rings. The van der Waals surface area contributed by atoms with Gasteiger partial charge in [0.25, 0.3) is 0 Å². The normalized spacial score (nSPS) is 11.6. The highest BCUT2D eigenvalue weighted by Crippen LogP contribution is 2.18. The van der Waals surface area contributed by atoms with E-state index in [0.29, 0.717) is 0 Å². The van der Waals surface area contributed by atoms with Crippen LogP contribution in [0.2, 0.25) is 0 Å². The summed E-state index contributed by atoms with van der Waals surface area (Å²) in [6, 6.07) is 10.2. The Morgan fingerprint density at radius 3 is 2.95 bits per heavy atom. The number of benzene rings is 1. The van der Waals surface area contributed by atoms with Crippen LogP contribution in [0.3, 0.4) is 0 Å². The molecule has 0 bridgehead atoms. The number of nitrogens with zero attached hydrogens (tertiary/aromatic N) is 2. The molecule has 0 spiro atoms. The average Bonchev–Trinajstić information content (AvgIpc) is 2.94. The predicted molar refractivity (Wildman–Crippen MR) is 93.3 cm³/mol. The maximum atomic E-state index is 5.82. The lowest BCUT2D eigenvalue weighted by Gasteiger charge is -2.21. The molecule has 0 unspecified atom stereocenters. The smallest absolute Gasteiger partial charge is 0.193 e. The van der Waals surface area contributed by atoms with Gasteiger partial charge >= 0.3 is 0 Å². The van der Waals surface area contributed by atoms with E-state index in [1.54, 1.807) is 0 Å². The number of nitrogens with one attached hydrogen (secondary N) is 1. The van der Waals surface area contributed by atoms with Crippen molar-refractivity contribution < 1.29 is 4.42 Å². The first-order valence-electron chi connectivity index (χ1n) is 7.74. The summed E-state index contributed by atoms with van der Waals surface area (Å²) in [5.41, 5.74) is 0.948. The highest BCUT2D eigenvalue weighted by Gasteiger charge is 2.06. The van der Waals surface area contributed by atoms with E-state index >= 15 is 0 Å². The van der Waals surface area contributed by atoms with E-state index in [4.69, 9.17) is 4.42 Å². The number of unbranched alkanes of at least 4 members (excludes halogenated alkanes) is 1. The molecule has 1 N–H and O–H groups in total. The van der Waals surface area contributed by atoms with E-state index in [1.165, 1.54) is 0 Å². The third-order valence-electron chi connectivity index (χ3n) is 3.61. The first kappa shape index (κ1) is 16.1. The number of aliphatic imine (C=N–C) groups is 1. The van der Waals surface area contributed by atoms with Crippen molar-refractivity contribution in [2.45, 2.75) is 19.3 Å². The molecule has 0 amide bonds. The van der Waals surface area contributed by atoms with Crippen LogP contribution < -0.4 is 5.32 Å². The molecule has 0 saturated heterocycles. The first-order chi connectivity index (χ1) is 10.7. The van der Waals surface area contributed by atoms with Crippen LogP contribution in [0.5, 0.6) is 0 Å². The standard InChI is InChI=1S/C18H25N3O/c1-4-5-8-13-21(3)18(19-2)20-12-11-16-14-15-9-6-7-10-17(15)22-16/h4,6-7,9-10,14H,1,5,8,11-13H2,2-3H3,(H,19,20). The van der Waals surface area contributed by atoms with Gasteiger partial charge in [0.15, 0.2) is 5.96 Å². The van der Waals surface area contributed by atoms with Crippen LogP contribution in [0.15, 0.2) is 52.4 Å². The number of allylic oxidation sites excluding steroid dienone is 1. The van der Waals surface area contributed by atoms with Crippen molar-refractivity contribution in [3.63, 3.8) is 0 Å². The van der Waals surface area contributed by atoms with Crippen molar-refractivity contribution >= 4 is 16.9 Å². The molecule has 1 aromatic carbocycles. The highest BCUT2D eigenvalue weighted by atomic mass is 16.3. The molecule has 0 aliphatic carbocycles. The maximum absolute atomic E-state index is 5.82. The molecule has 1 aromatic heterocycles. The van der Waals surface area contributed by atoms with Crippen molar-refractivity contribution in [3.8, 4) is 0 Å². The van der Waals surface area contributed by atoms with Crippen LogP contribution in [0.4, 0.5) is 0 Å². The minimum atomic E-state index is 0.804. The van der Waals surface area contributed by atoms with Gasteiger partial charge in [-0.3, -0.25) is 4.99 Å². The number of rotatable bonds is 7. The molecule has 0 aliphatic heterocycles. The molecule has 22 heavy (non-hydrogen) atoms. The number of hydrogen-bond donors (Lipinski definition) is 1. The molecule has 0 saturated carbocycles. The molecule has 4 heteroatoms. The molecule has 2 rings (SSSR count). The van der Waals surface area contributed by atoms with E-state index in [9.17, 15) is 0 Å². The molecule has 0 fully saturated rings. The fourth-order valence-electron chi connectivity index (χ4n) is 2.42. The number of fused-ring (bicyclic) bond motifs is 1. The fraction of sp³-hybridized carbons (Fsp3) is 0.389. The minimum Gasteiger partial charge on any atom is -0.461 e. The lowest BCUT2D eigenvalue weighted by Crippen LogP contribution is -2.40. The SMILES string of the molecule is C=CCCCN(C)C(=NC)NCCc1cc2ccccc2o1. The van der Waals surface area contributed by atoms with E-state index < -0.39 is 0 Å². The topological polar surface area (TPSA) is 40.8 Å². The zero-order valence-electron chi connectivity index (χ0n) is 13.5. The summed E-state index contributed by atoms with van der Waals surface area (Å²) in [7, 11) is 3.87. The van der Waals surface area contributed by atoms with Gasteiger partial charge in [-0.2, -0.15) is 0 Å². The van der Waals surface area contributed by atoms with E-state index in [1.807, 2.05) is 31.3 Å². The van der Waals surface area contributed by atoms with Gasteiger partial charge in [-0.1, -0.05) is 24.3 Å². The second-order valence-corrected chi connectivity index (χ2v) is 5.33. The molecular formula is C18H25N3O. The van der Waals surface area contributed by atoms with Gasteiger partial charge in [-0.15, -0.1) is 6.58 Å². The Balaban J connectivity index is 1.82. The van der Waals surface area contributed by atoms with Crippen LogP contribution in [0.1, 0.15) is 18.6 Å². The monoisotopic (exact) mass is 299 g/mol. The van der Waals surface area contributed by atoms with Crippen molar-refractivity contribution in [1.29, 1.82) is 0 Å². The average molecular weight is 299 g/mol. The van der Waals surface area contributed by atoms with Gasteiger partial charge in [0.2, 0.25) is 0 Å². The largest absolute Gasteiger partial charge is 0.461 e. The van der Waals surface area contributed by atoms with E-state index in [2.05, 4.69) is 41.0 Å². The lowest BCUT2D eigenvalue weighted by molar-refractivity contribution is 0.467. The maximum Gasteiger partial charge on any atom is 0.193 e. The first-order valence-corrected chi connectivity index (χ1v) is 7.74. The lowest BCUT2D eigenvalue weighted by atomic mass is 10.2. The zero-order chi connectivity index (χ0) is 15.8. The van der Waals surface area contributed by atoms with Crippen LogP contribution in [0, 0.1) is 0 Å². The third-order valence-corrected chi connectivity index (χ3v) is 3.61. The molecule has 0 atom stereocenters. The zero-order valence-corrected chi connectivity index (χ0v) is 13.5. The summed E-state index contributed by atoms with van der Waals surface area (Å²) < 4.78 is 5.82. The Morgan fingerprint density at radius 2 is 2.23 bits per heavy atom. The number of hydrogen-bond acceptors (Lipinski definition) is 2. The summed E-state index contributed by atoms with van der Waals surface area (Å²) in [5.74, 6) is 1.92. The second-order valence-electron chi connectivity index (χ2n) is 5.33. The van der Waals surface area contributed by atoms with E-state index in [0.717, 1.165) is 55.0 Å². The van der Waals surface area contributed by atoms with Crippen LogP contribution in [0.25, 0.3) is 11.0 Å². The summed E-state index contributed by atoms with van der Waals surface area (Å²) in [6.45, 7) is 5.52. The molecular weight excluding hydrogens is 274 g/mol. The Labute approximate surface area is 132 Å². The van der Waals surface area contributed by atoms with Crippen molar-refractivity contribution in [1.82, 2.24) is 10.2 Å². The summed E-state index contributed by atoms with van der Waals surface area (Å²) in [4.78, 5) is 6.46. The van der Waals surface area contributed by atoms with Gasteiger partial charge in [0, 0.05) is 39.0 Å². The minimum absolute atomic E-state index is 0.804. The van der Waals surface area contributed by atoms with Crippen LogP contribution >= 0.6 is 0 Å². The summed E-state index contributed by atoms with van der Waals surface area (Å²) in [6.07, 6.45) is 4.91. The van der Waals surface area contributed by atoms with Gasteiger partial charge in [-0.25, -0.2) is 0 Å². The van der Waals surface area contributed by atoms with Crippen molar-refractivity contribution in [3.05, 3.63) is 48.7 Å². The highest BCUT2D eigenvalue weighted by molar-refractivity contribution is 5.79. The van der Waals surface area contributed by atoms with Gasteiger partial charge in [0.05, 0.1) is 0 Å². The Bertz CT molecular complexity index is 597. The number of guanidine groups is 1. The molecule has 2 aromatic rings. The Morgan fingerprint density at radius 1 is 1.41 bits per heavy atom. The van der Waals surface area contributed by atoms with Gasteiger partial charge in [-0.05, 0) is 25.0 Å². The van der Waals surface area contributed by atoms with Gasteiger partial charge in [0.1, 0.15) is 11.3 Å².